The monoisotopic (exact) mass is 577 g/mol. The zero-order valence-electron chi connectivity index (χ0n) is 23.4. The summed E-state index contributed by atoms with van der Waals surface area (Å²) in [5.74, 6) is 0.650. The van der Waals surface area contributed by atoms with E-state index in [1.54, 1.807) is 24.3 Å². The van der Waals surface area contributed by atoms with Gasteiger partial charge in [-0.25, -0.2) is 4.79 Å². The molecule has 9 nitrogen and oxygen atoms in total. The lowest BCUT2D eigenvalue weighted by molar-refractivity contribution is -0.143. The zero-order chi connectivity index (χ0) is 30.0. The van der Waals surface area contributed by atoms with E-state index in [0.717, 1.165) is 33.8 Å². The molecule has 1 atom stereocenters. The number of anilines is 2. The van der Waals surface area contributed by atoms with Gasteiger partial charge in [0, 0.05) is 48.2 Å². The first-order chi connectivity index (χ1) is 20.8. The van der Waals surface area contributed by atoms with E-state index in [4.69, 9.17) is 15.2 Å². The Morgan fingerprint density at radius 1 is 0.698 bits per heavy atom. The Labute approximate surface area is 248 Å². The second-order valence-electron chi connectivity index (χ2n) is 10.9. The third-order valence-corrected chi connectivity index (χ3v) is 8.02. The average Bonchev–Trinajstić information content (AvgIpc) is 3.00. The molecule has 0 aromatic heterocycles. The maximum absolute atomic E-state index is 13.3. The van der Waals surface area contributed by atoms with Crippen LogP contribution in [0.25, 0.3) is 0 Å². The number of carbonyl (C=O) groups excluding carboxylic acids is 2. The molecule has 0 aliphatic carbocycles. The molecule has 9 heteroatoms. The molecule has 0 bridgehead atoms. The molecule has 0 saturated carbocycles. The molecule has 218 valence electrons. The summed E-state index contributed by atoms with van der Waals surface area (Å²) in [4.78, 5) is 38.0. The number of benzene rings is 4. The molecule has 6 rings (SSSR count). The maximum atomic E-state index is 13.3. The van der Waals surface area contributed by atoms with E-state index >= 15 is 0 Å². The van der Waals surface area contributed by atoms with Gasteiger partial charge in [0.25, 0.3) is 0 Å². The molecular formula is C34H31N3O6. The van der Waals surface area contributed by atoms with E-state index in [9.17, 15) is 19.5 Å². The fraction of sp³-hybridized carbons (Fsp3) is 0.206. The molecule has 4 aromatic carbocycles. The fourth-order valence-corrected chi connectivity index (χ4v) is 5.69. The van der Waals surface area contributed by atoms with Crippen molar-refractivity contribution in [2.24, 2.45) is 5.73 Å². The van der Waals surface area contributed by atoms with Gasteiger partial charge in [0.05, 0.1) is 0 Å². The Hall–Kier alpha value is -5.31. The van der Waals surface area contributed by atoms with Crippen LogP contribution in [0.15, 0.2) is 84.9 Å². The summed E-state index contributed by atoms with van der Waals surface area (Å²) in [5, 5.41) is 16.7. The third-order valence-electron chi connectivity index (χ3n) is 8.02. The highest BCUT2D eigenvalue weighted by atomic mass is 16.5. The molecule has 43 heavy (non-hydrogen) atoms. The van der Waals surface area contributed by atoms with E-state index in [0.29, 0.717) is 35.7 Å². The van der Waals surface area contributed by atoms with Gasteiger partial charge in [0.2, 0.25) is 11.8 Å². The molecule has 0 spiro atoms. The predicted octanol–water partition coefficient (Wildman–Crippen LogP) is 6.00. The van der Waals surface area contributed by atoms with Crippen LogP contribution in [0.5, 0.6) is 23.0 Å². The van der Waals surface area contributed by atoms with Gasteiger partial charge in [-0.2, -0.15) is 0 Å². The van der Waals surface area contributed by atoms with Crippen LogP contribution in [-0.4, -0.2) is 28.4 Å². The van der Waals surface area contributed by atoms with E-state index in [1.807, 2.05) is 60.7 Å². The van der Waals surface area contributed by atoms with Crippen LogP contribution >= 0.6 is 0 Å². The van der Waals surface area contributed by atoms with E-state index in [-0.39, 0.29) is 31.6 Å². The molecule has 2 aliphatic heterocycles. The summed E-state index contributed by atoms with van der Waals surface area (Å²) < 4.78 is 12.1. The highest BCUT2D eigenvalue weighted by Gasteiger charge is 2.40. The summed E-state index contributed by atoms with van der Waals surface area (Å²) in [5.41, 5.74) is 8.60. The van der Waals surface area contributed by atoms with Crippen LogP contribution < -0.4 is 25.8 Å². The largest absolute Gasteiger partial charge is 0.480 e. The minimum Gasteiger partial charge on any atom is -0.480 e. The summed E-state index contributed by atoms with van der Waals surface area (Å²) in [6.07, 6.45) is 0.649. The predicted molar refractivity (Wildman–Crippen MR) is 162 cm³/mol. The summed E-state index contributed by atoms with van der Waals surface area (Å²) in [7, 11) is 0. The number of fused-ring (bicyclic) bond motifs is 4. The van der Waals surface area contributed by atoms with Crippen LogP contribution in [0.3, 0.4) is 0 Å². The lowest BCUT2D eigenvalue weighted by Crippen LogP contribution is -2.48. The topological polar surface area (TPSA) is 140 Å². The van der Waals surface area contributed by atoms with Crippen molar-refractivity contribution in [2.45, 2.75) is 44.1 Å². The normalized spacial score (nSPS) is 13.9. The Kier molecular flexibility index (Phi) is 7.46. The van der Waals surface area contributed by atoms with E-state index in [2.05, 4.69) is 10.6 Å². The number of hydrogen-bond donors (Lipinski definition) is 4. The number of rotatable bonds is 10. The number of primary amides is 1. The Morgan fingerprint density at radius 2 is 1.21 bits per heavy atom. The molecule has 4 aromatic rings. The lowest BCUT2D eigenvalue weighted by atomic mass is 9.86. The molecule has 0 saturated heterocycles. The molecule has 2 heterocycles. The lowest BCUT2D eigenvalue weighted by Gasteiger charge is -2.33. The average molecular weight is 578 g/mol. The van der Waals surface area contributed by atoms with Crippen molar-refractivity contribution < 1.29 is 29.0 Å². The maximum Gasteiger partial charge on any atom is 0.329 e. The zero-order valence-corrected chi connectivity index (χ0v) is 23.4. The van der Waals surface area contributed by atoms with Crippen LogP contribution in [-0.2, 0) is 27.2 Å². The fourth-order valence-electron chi connectivity index (χ4n) is 5.69. The van der Waals surface area contributed by atoms with Gasteiger partial charge in [-0.1, -0.05) is 48.5 Å². The van der Waals surface area contributed by atoms with Crippen molar-refractivity contribution in [3.05, 3.63) is 107 Å². The quantitative estimate of drug-likeness (QED) is 0.157. The van der Waals surface area contributed by atoms with Gasteiger partial charge in [-0.3, -0.25) is 9.59 Å². The van der Waals surface area contributed by atoms with Gasteiger partial charge in [0.15, 0.2) is 0 Å². The number of carboxylic acids is 1. The van der Waals surface area contributed by atoms with Gasteiger partial charge >= 0.3 is 5.97 Å². The molecule has 0 fully saturated rings. The Bertz CT molecular complexity index is 1740. The Balaban J connectivity index is 1.23. The van der Waals surface area contributed by atoms with Gasteiger partial charge in [-0.05, 0) is 60.4 Å². The van der Waals surface area contributed by atoms with Crippen molar-refractivity contribution in [2.75, 3.05) is 10.6 Å². The number of para-hydroxylation sites is 2. The van der Waals surface area contributed by atoms with Crippen LogP contribution in [0.2, 0.25) is 0 Å². The first-order valence-corrected chi connectivity index (χ1v) is 14.2. The van der Waals surface area contributed by atoms with Crippen LogP contribution in [0.4, 0.5) is 11.4 Å². The van der Waals surface area contributed by atoms with E-state index in [1.165, 1.54) is 0 Å². The summed E-state index contributed by atoms with van der Waals surface area (Å²) >= 11 is 0. The Morgan fingerprint density at radius 3 is 1.79 bits per heavy atom. The smallest absolute Gasteiger partial charge is 0.329 e. The standard InChI is InChI=1S/C34H31N3O6/c35-31(38)15-17-34(33(40)41,37-26-10-6-14-30-24(26)20-22-8-2-4-12-28(22)43-30)18-16-32(39)36-25-9-5-13-29-23(25)19-21-7-1-3-11-27(21)42-29/h1-14,37H,15-20H2,(H2,35,38)(H,36,39)(H,40,41). The highest BCUT2D eigenvalue weighted by molar-refractivity contribution is 5.93. The SMILES string of the molecule is NC(=O)CCC(CCC(=O)Nc1cccc2c1Cc1ccccc1O2)(Nc1cccc2c1Cc1ccccc1O2)C(=O)O. The number of aliphatic carboxylic acids is 1. The second-order valence-corrected chi connectivity index (χ2v) is 10.9. The highest BCUT2D eigenvalue weighted by Crippen LogP contribution is 2.42. The van der Waals surface area contributed by atoms with Gasteiger partial charge in [-0.15, -0.1) is 0 Å². The van der Waals surface area contributed by atoms with Crippen molar-refractivity contribution in [1.29, 1.82) is 0 Å². The minimum atomic E-state index is -1.64. The number of nitrogens with two attached hydrogens (primary N) is 1. The van der Waals surface area contributed by atoms with Crippen LogP contribution in [0.1, 0.15) is 47.9 Å². The number of carboxylic acid groups (broad SMARTS) is 1. The number of hydrogen-bond acceptors (Lipinski definition) is 6. The number of amides is 2. The molecule has 5 N–H and O–H groups in total. The van der Waals surface area contributed by atoms with Crippen molar-refractivity contribution in [3.63, 3.8) is 0 Å². The molecule has 0 radical (unpaired) electrons. The van der Waals surface area contributed by atoms with Crippen molar-refractivity contribution in [1.82, 2.24) is 0 Å². The first-order valence-electron chi connectivity index (χ1n) is 14.2. The van der Waals surface area contributed by atoms with Gasteiger partial charge in [0.1, 0.15) is 28.5 Å². The summed E-state index contributed by atoms with van der Waals surface area (Å²) in [6, 6.07) is 26.3. The van der Waals surface area contributed by atoms with E-state index < -0.39 is 17.4 Å². The number of carbonyl (C=O) groups is 3. The molecule has 2 aliphatic rings. The first kappa shape index (κ1) is 27.8. The minimum absolute atomic E-state index is 0.0864. The number of nitrogens with one attached hydrogen (secondary N) is 2. The second kappa shape index (κ2) is 11.5. The summed E-state index contributed by atoms with van der Waals surface area (Å²) in [6.45, 7) is 0. The van der Waals surface area contributed by atoms with Gasteiger partial charge < -0.3 is 30.9 Å². The number of ether oxygens (including phenoxy) is 2. The molecule has 1 unspecified atom stereocenters. The van der Waals surface area contributed by atoms with Crippen molar-refractivity contribution in [3.8, 4) is 23.0 Å². The van der Waals surface area contributed by atoms with Crippen molar-refractivity contribution >= 4 is 29.2 Å². The third kappa shape index (κ3) is 5.74. The molecule has 2 amide bonds. The van der Waals surface area contributed by atoms with Crippen LogP contribution in [0, 0.1) is 0 Å². The molecular weight excluding hydrogens is 546 g/mol.